The van der Waals surface area contributed by atoms with Crippen LogP contribution in [0.4, 0.5) is 4.39 Å². The van der Waals surface area contributed by atoms with E-state index in [4.69, 9.17) is 9.47 Å². The first kappa shape index (κ1) is 25.3. The van der Waals surface area contributed by atoms with Crippen LogP contribution in [0.5, 0.6) is 5.75 Å². The summed E-state index contributed by atoms with van der Waals surface area (Å²) in [6.07, 6.45) is 3.04. The lowest BCUT2D eigenvalue weighted by molar-refractivity contribution is -0.154. The third-order valence-corrected chi connectivity index (χ3v) is 7.00. The topological polar surface area (TPSA) is 89.9 Å². The molecule has 1 fully saturated rings. The molecule has 31 heavy (non-hydrogen) atoms. The van der Waals surface area contributed by atoms with Gasteiger partial charge in [0.2, 0.25) is 0 Å². The first-order chi connectivity index (χ1) is 14.5. The Balaban J connectivity index is 1.85. The molecule has 6 nitrogen and oxygen atoms in total. The van der Waals surface area contributed by atoms with E-state index in [9.17, 15) is 22.7 Å². The van der Waals surface area contributed by atoms with Gasteiger partial charge in [0.15, 0.2) is 9.84 Å². The number of halogens is 1. The van der Waals surface area contributed by atoms with Crippen LogP contribution in [0.15, 0.2) is 41.1 Å². The summed E-state index contributed by atoms with van der Waals surface area (Å²) >= 11 is 0. The van der Waals surface area contributed by atoms with Gasteiger partial charge in [-0.25, -0.2) is 12.8 Å². The molecule has 0 radical (unpaired) electrons. The quantitative estimate of drug-likeness (QED) is 0.555. The number of benzene rings is 1. The summed E-state index contributed by atoms with van der Waals surface area (Å²) in [5, 5.41) is 9.57. The molecule has 1 N–H and O–H groups in total. The standard InChI is InChI=1S/C23H33FO6S/c1-23(2,3)30-22(26)13-6-18(14-24)15-29-20-9-11-21(12-10-20)31(27,28)16-17-4-7-19(25)8-5-17/h9-12,14,17,19,25H,4-8,13,15-16H2,1-3H3/b18-14+. The molecular weight excluding hydrogens is 423 g/mol. The van der Waals surface area contributed by atoms with Crippen LogP contribution >= 0.6 is 0 Å². The van der Waals surface area contributed by atoms with Crippen molar-refractivity contribution >= 4 is 15.8 Å². The maximum Gasteiger partial charge on any atom is 0.306 e. The van der Waals surface area contributed by atoms with E-state index in [1.807, 2.05) is 0 Å². The maximum absolute atomic E-state index is 13.1. The second kappa shape index (κ2) is 11.1. The molecule has 0 aromatic heterocycles. The molecule has 0 heterocycles. The molecule has 0 amide bonds. The highest BCUT2D eigenvalue weighted by Crippen LogP contribution is 2.28. The Labute approximate surface area is 184 Å². The molecule has 0 aliphatic heterocycles. The zero-order chi connectivity index (χ0) is 23.1. The lowest BCUT2D eigenvalue weighted by Crippen LogP contribution is -2.24. The molecule has 0 saturated heterocycles. The average molecular weight is 457 g/mol. The smallest absolute Gasteiger partial charge is 0.306 e. The van der Waals surface area contributed by atoms with Gasteiger partial charge in [0, 0.05) is 6.42 Å². The fourth-order valence-corrected chi connectivity index (χ4v) is 5.15. The van der Waals surface area contributed by atoms with Gasteiger partial charge in [-0.05, 0) is 88.6 Å². The minimum Gasteiger partial charge on any atom is -0.489 e. The van der Waals surface area contributed by atoms with Crippen LogP contribution in [-0.4, -0.2) is 43.6 Å². The summed E-state index contributed by atoms with van der Waals surface area (Å²) in [4.78, 5) is 12.0. The number of carbonyl (C=O) groups is 1. The van der Waals surface area contributed by atoms with E-state index in [1.165, 1.54) is 12.1 Å². The zero-order valence-corrected chi connectivity index (χ0v) is 19.3. The van der Waals surface area contributed by atoms with Crippen molar-refractivity contribution in [3.05, 3.63) is 36.2 Å². The van der Waals surface area contributed by atoms with Crippen molar-refractivity contribution < 1.29 is 32.2 Å². The van der Waals surface area contributed by atoms with E-state index in [0.717, 1.165) is 0 Å². The Morgan fingerprint density at radius 1 is 1.13 bits per heavy atom. The van der Waals surface area contributed by atoms with Gasteiger partial charge in [-0.1, -0.05) is 0 Å². The third kappa shape index (κ3) is 8.99. The Morgan fingerprint density at radius 3 is 2.29 bits per heavy atom. The Kier molecular flexibility index (Phi) is 9.06. The van der Waals surface area contributed by atoms with Gasteiger partial charge < -0.3 is 14.6 Å². The normalized spacial score (nSPS) is 20.4. The molecule has 1 aromatic carbocycles. The van der Waals surface area contributed by atoms with Crippen molar-refractivity contribution in [2.24, 2.45) is 5.92 Å². The highest BCUT2D eigenvalue weighted by atomic mass is 32.2. The van der Waals surface area contributed by atoms with Gasteiger partial charge in [0.05, 0.1) is 23.1 Å². The van der Waals surface area contributed by atoms with Crippen LogP contribution in [0, 0.1) is 5.92 Å². The summed E-state index contributed by atoms with van der Waals surface area (Å²) < 4.78 is 49.2. The van der Waals surface area contributed by atoms with Crippen LogP contribution in [0.3, 0.4) is 0 Å². The van der Waals surface area contributed by atoms with Gasteiger partial charge in [-0.2, -0.15) is 0 Å². The summed E-state index contributed by atoms with van der Waals surface area (Å²) in [5.41, 5.74) is -0.282. The summed E-state index contributed by atoms with van der Waals surface area (Å²) in [6.45, 7) is 5.26. The number of hydrogen-bond acceptors (Lipinski definition) is 6. The number of ether oxygens (including phenoxy) is 2. The summed E-state index contributed by atoms with van der Waals surface area (Å²) in [5.74, 6) is 0.135. The predicted octanol–water partition coefficient (Wildman–Crippen LogP) is 4.37. The lowest BCUT2D eigenvalue weighted by atomic mass is 9.89. The fraction of sp³-hybridized carbons (Fsp3) is 0.609. The summed E-state index contributed by atoms with van der Waals surface area (Å²) in [7, 11) is -3.42. The van der Waals surface area contributed by atoms with E-state index < -0.39 is 21.4 Å². The van der Waals surface area contributed by atoms with E-state index in [1.54, 1.807) is 32.9 Å². The molecule has 1 saturated carbocycles. The Hall–Kier alpha value is -1.93. The molecule has 0 atom stereocenters. The molecule has 1 aromatic rings. The average Bonchev–Trinajstić information content (AvgIpc) is 2.69. The largest absolute Gasteiger partial charge is 0.489 e. The van der Waals surface area contributed by atoms with E-state index in [2.05, 4.69) is 0 Å². The van der Waals surface area contributed by atoms with E-state index >= 15 is 0 Å². The van der Waals surface area contributed by atoms with E-state index in [-0.39, 0.29) is 42.1 Å². The van der Waals surface area contributed by atoms with Crippen molar-refractivity contribution in [1.82, 2.24) is 0 Å². The fourth-order valence-electron chi connectivity index (χ4n) is 3.45. The minimum atomic E-state index is -3.42. The predicted molar refractivity (Wildman–Crippen MR) is 116 cm³/mol. The van der Waals surface area contributed by atoms with Gasteiger partial charge in [0.1, 0.15) is 18.0 Å². The first-order valence-electron chi connectivity index (χ1n) is 10.6. The molecule has 174 valence electrons. The first-order valence-corrected chi connectivity index (χ1v) is 12.3. The highest BCUT2D eigenvalue weighted by Gasteiger charge is 2.25. The van der Waals surface area contributed by atoms with Crippen molar-refractivity contribution in [3.8, 4) is 5.75 Å². The van der Waals surface area contributed by atoms with Gasteiger partial charge in [-0.15, -0.1) is 0 Å². The number of carbonyl (C=O) groups excluding carboxylic acids is 1. The lowest BCUT2D eigenvalue weighted by Gasteiger charge is -2.25. The van der Waals surface area contributed by atoms with Crippen molar-refractivity contribution in [1.29, 1.82) is 0 Å². The minimum absolute atomic E-state index is 0.0458. The van der Waals surface area contributed by atoms with Gasteiger partial charge in [-0.3, -0.25) is 4.79 Å². The monoisotopic (exact) mass is 456 g/mol. The SMILES string of the molecule is CC(C)(C)OC(=O)CC/C(=C\F)COc1ccc(S(=O)(=O)CC2CCC(O)CC2)cc1. The van der Waals surface area contributed by atoms with Crippen LogP contribution in [0.1, 0.15) is 59.3 Å². The van der Waals surface area contributed by atoms with Crippen LogP contribution < -0.4 is 4.74 Å². The number of aliphatic hydroxyl groups excluding tert-OH is 1. The van der Waals surface area contributed by atoms with Gasteiger partial charge >= 0.3 is 5.97 Å². The Bertz CT molecular complexity index is 847. The van der Waals surface area contributed by atoms with Gasteiger partial charge in [0.25, 0.3) is 0 Å². The van der Waals surface area contributed by atoms with Crippen molar-refractivity contribution in [2.75, 3.05) is 12.4 Å². The number of hydrogen-bond donors (Lipinski definition) is 1. The van der Waals surface area contributed by atoms with Crippen LogP contribution in [-0.2, 0) is 19.4 Å². The van der Waals surface area contributed by atoms with Crippen molar-refractivity contribution in [2.45, 2.75) is 75.9 Å². The van der Waals surface area contributed by atoms with E-state index in [0.29, 0.717) is 43.3 Å². The molecule has 0 bridgehead atoms. The van der Waals surface area contributed by atoms with Crippen LogP contribution in [0.25, 0.3) is 0 Å². The molecule has 2 rings (SSSR count). The molecular formula is C23H33FO6S. The second-order valence-corrected chi connectivity index (χ2v) is 11.1. The molecule has 0 unspecified atom stereocenters. The number of rotatable bonds is 9. The van der Waals surface area contributed by atoms with Crippen molar-refractivity contribution in [3.63, 3.8) is 0 Å². The highest BCUT2D eigenvalue weighted by molar-refractivity contribution is 7.91. The zero-order valence-electron chi connectivity index (χ0n) is 18.5. The molecule has 0 spiro atoms. The Morgan fingerprint density at radius 2 is 1.74 bits per heavy atom. The second-order valence-electron chi connectivity index (χ2n) is 9.07. The number of aliphatic hydroxyl groups is 1. The molecule has 1 aliphatic carbocycles. The molecule has 1 aliphatic rings. The van der Waals surface area contributed by atoms with Crippen LogP contribution in [0.2, 0.25) is 0 Å². The molecule has 8 heteroatoms. The summed E-state index contributed by atoms with van der Waals surface area (Å²) in [6, 6.07) is 6.06. The number of esters is 1. The third-order valence-electron chi connectivity index (χ3n) is 5.10. The maximum atomic E-state index is 13.1. The number of sulfone groups is 1.